The minimum Gasteiger partial charge on any atom is -0.474 e. The first-order chi connectivity index (χ1) is 8.43. The zero-order chi connectivity index (χ0) is 11.5. The van der Waals surface area contributed by atoms with Crippen LogP contribution in [0.5, 0.6) is 5.88 Å². The standard InChI is InChI=1S/C13H19N3O/c1-2-4-12-11(3-1)13(16-9-15-12)17-10-5-7-14-8-6-10/h9-10,14H,1-8H2. The Labute approximate surface area is 102 Å². The molecule has 3 rings (SSSR count). The first-order valence-electron chi connectivity index (χ1n) is 6.63. The zero-order valence-electron chi connectivity index (χ0n) is 10.1. The van der Waals surface area contributed by atoms with Crippen molar-refractivity contribution in [1.82, 2.24) is 15.3 Å². The number of aromatic nitrogens is 2. The number of fused-ring (bicyclic) bond motifs is 1. The fraction of sp³-hybridized carbons (Fsp3) is 0.692. The lowest BCUT2D eigenvalue weighted by Gasteiger charge is -2.25. The quantitative estimate of drug-likeness (QED) is 0.840. The minimum absolute atomic E-state index is 0.331. The van der Waals surface area contributed by atoms with Gasteiger partial charge < -0.3 is 10.1 Å². The van der Waals surface area contributed by atoms with Crippen LogP contribution in [-0.2, 0) is 12.8 Å². The summed E-state index contributed by atoms with van der Waals surface area (Å²) in [4.78, 5) is 8.70. The molecule has 4 nitrogen and oxygen atoms in total. The van der Waals surface area contributed by atoms with Crippen LogP contribution >= 0.6 is 0 Å². The summed E-state index contributed by atoms with van der Waals surface area (Å²) in [5.41, 5.74) is 2.47. The number of rotatable bonds is 2. The van der Waals surface area contributed by atoms with Crippen LogP contribution < -0.4 is 10.1 Å². The number of hydrogen-bond donors (Lipinski definition) is 1. The summed E-state index contributed by atoms with van der Waals surface area (Å²) in [6.45, 7) is 2.11. The van der Waals surface area contributed by atoms with Crippen molar-refractivity contribution in [3.05, 3.63) is 17.6 Å². The van der Waals surface area contributed by atoms with E-state index in [9.17, 15) is 0 Å². The predicted octanol–water partition coefficient (Wildman–Crippen LogP) is 1.49. The van der Waals surface area contributed by atoms with E-state index >= 15 is 0 Å². The molecule has 0 atom stereocenters. The van der Waals surface area contributed by atoms with Crippen LogP contribution in [0.25, 0.3) is 0 Å². The number of piperidine rings is 1. The normalized spacial score (nSPS) is 20.9. The molecule has 17 heavy (non-hydrogen) atoms. The van der Waals surface area contributed by atoms with Crippen molar-refractivity contribution in [2.75, 3.05) is 13.1 Å². The highest BCUT2D eigenvalue weighted by atomic mass is 16.5. The molecule has 1 aliphatic heterocycles. The van der Waals surface area contributed by atoms with Gasteiger partial charge in [-0.3, -0.25) is 0 Å². The third-order valence-corrected chi connectivity index (χ3v) is 3.65. The second-order valence-electron chi connectivity index (χ2n) is 4.88. The van der Waals surface area contributed by atoms with Gasteiger partial charge in [0.05, 0.1) is 5.69 Å². The average molecular weight is 233 g/mol. The Balaban J connectivity index is 1.77. The molecule has 1 aromatic rings. The highest BCUT2D eigenvalue weighted by molar-refractivity contribution is 5.31. The van der Waals surface area contributed by atoms with E-state index in [-0.39, 0.29) is 0 Å². The van der Waals surface area contributed by atoms with E-state index in [4.69, 9.17) is 4.74 Å². The van der Waals surface area contributed by atoms with Gasteiger partial charge in [0.15, 0.2) is 0 Å². The molecular weight excluding hydrogens is 214 g/mol. The van der Waals surface area contributed by atoms with E-state index in [1.54, 1.807) is 6.33 Å². The van der Waals surface area contributed by atoms with Crippen molar-refractivity contribution in [1.29, 1.82) is 0 Å². The fourth-order valence-electron chi connectivity index (χ4n) is 2.66. The van der Waals surface area contributed by atoms with Crippen LogP contribution in [-0.4, -0.2) is 29.2 Å². The van der Waals surface area contributed by atoms with Crippen LogP contribution in [0.3, 0.4) is 0 Å². The Morgan fingerprint density at radius 1 is 1.12 bits per heavy atom. The van der Waals surface area contributed by atoms with E-state index < -0.39 is 0 Å². The third-order valence-electron chi connectivity index (χ3n) is 3.65. The lowest BCUT2D eigenvalue weighted by atomic mass is 9.97. The van der Waals surface area contributed by atoms with Gasteiger partial charge in [0.25, 0.3) is 0 Å². The topological polar surface area (TPSA) is 47.0 Å². The van der Waals surface area contributed by atoms with Crippen LogP contribution in [0.4, 0.5) is 0 Å². The maximum atomic E-state index is 6.06. The Bertz CT molecular complexity index is 388. The molecule has 0 aromatic carbocycles. The lowest BCUT2D eigenvalue weighted by Crippen LogP contribution is -2.34. The van der Waals surface area contributed by atoms with Crippen molar-refractivity contribution < 1.29 is 4.74 Å². The summed E-state index contributed by atoms with van der Waals surface area (Å²) in [7, 11) is 0. The highest BCUT2D eigenvalue weighted by Crippen LogP contribution is 2.27. The van der Waals surface area contributed by atoms with Gasteiger partial charge >= 0.3 is 0 Å². The number of hydrogen-bond acceptors (Lipinski definition) is 4. The Morgan fingerprint density at radius 2 is 1.94 bits per heavy atom. The third kappa shape index (κ3) is 2.41. The summed E-state index contributed by atoms with van der Waals surface area (Å²) >= 11 is 0. The Morgan fingerprint density at radius 3 is 2.82 bits per heavy atom. The average Bonchev–Trinajstić information content (AvgIpc) is 2.40. The van der Waals surface area contributed by atoms with Gasteiger partial charge in [0.1, 0.15) is 12.4 Å². The Hall–Kier alpha value is -1.16. The first-order valence-corrected chi connectivity index (χ1v) is 6.63. The van der Waals surface area contributed by atoms with Crippen LogP contribution in [0, 0.1) is 0 Å². The molecule has 2 aliphatic rings. The van der Waals surface area contributed by atoms with Gasteiger partial charge in [-0.25, -0.2) is 9.97 Å². The number of nitrogens with zero attached hydrogens (tertiary/aromatic N) is 2. The molecule has 0 radical (unpaired) electrons. The minimum atomic E-state index is 0.331. The van der Waals surface area contributed by atoms with Crippen LogP contribution in [0.2, 0.25) is 0 Å². The fourth-order valence-corrected chi connectivity index (χ4v) is 2.66. The van der Waals surface area contributed by atoms with Gasteiger partial charge in [-0.1, -0.05) is 0 Å². The lowest BCUT2D eigenvalue weighted by molar-refractivity contribution is 0.153. The molecule has 1 saturated heterocycles. The van der Waals surface area contributed by atoms with Crippen LogP contribution in [0.1, 0.15) is 36.9 Å². The summed E-state index contributed by atoms with van der Waals surface area (Å²) in [6.07, 6.45) is 8.80. The molecule has 0 bridgehead atoms. The predicted molar refractivity (Wildman–Crippen MR) is 65.2 cm³/mol. The number of ether oxygens (including phenoxy) is 1. The van der Waals surface area contributed by atoms with Crippen molar-refractivity contribution in [2.24, 2.45) is 0 Å². The monoisotopic (exact) mass is 233 g/mol. The summed E-state index contributed by atoms with van der Waals surface area (Å²) in [6, 6.07) is 0. The van der Waals surface area contributed by atoms with Crippen molar-refractivity contribution >= 4 is 0 Å². The van der Waals surface area contributed by atoms with E-state index in [1.165, 1.54) is 24.1 Å². The largest absolute Gasteiger partial charge is 0.474 e. The first kappa shape index (κ1) is 11.0. The molecule has 2 heterocycles. The Kier molecular flexibility index (Phi) is 3.22. The maximum absolute atomic E-state index is 6.06. The second kappa shape index (κ2) is 5.00. The molecule has 4 heteroatoms. The molecule has 92 valence electrons. The van der Waals surface area contributed by atoms with E-state index in [0.717, 1.165) is 44.7 Å². The molecule has 0 amide bonds. The van der Waals surface area contributed by atoms with E-state index in [2.05, 4.69) is 15.3 Å². The number of aryl methyl sites for hydroxylation is 1. The molecule has 0 saturated carbocycles. The summed E-state index contributed by atoms with van der Waals surface area (Å²) < 4.78 is 6.06. The van der Waals surface area contributed by atoms with Gasteiger partial charge in [-0.15, -0.1) is 0 Å². The van der Waals surface area contributed by atoms with Crippen molar-refractivity contribution in [3.63, 3.8) is 0 Å². The summed E-state index contributed by atoms with van der Waals surface area (Å²) in [5, 5.41) is 3.35. The molecule has 0 spiro atoms. The SMILES string of the molecule is c1nc2c(c(OC3CCNCC3)n1)CCCC2. The second-order valence-corrected chi connectivity index (χ2v) is 4.88. The molecule has 0 unspecified atom stereocenters. The van der Waals surface area contributed by atoms with E-state index in [1.807, 2.05) is 0 Å². The van der Waals surface area contributed by atoms with Gasteiger partial charge in [-0.2, -0.15) is 0 Å². The smallest absolute Gasteiger partial charge is 0.220 e. The molecule has 1 aromatic heterocycles. The molecule has 1 fully saturated rings. The zero-order valence-corrected chi connectivity index (χ0v) is 10.1. The molecule has 1 N–H and O–H groups in total. The van der Waals surface area contributed by atoms with Crippen molar-refractivity contribution in [2.45, 2.75) is 44.6 Å². The van der Waals surface area contributed by atoms with Gasteiger partial charge in [-0.05, 0) is 51.6 Å². The van der Waals surface area contributed by atoms with Crippen molar-refractivity contribution in [3.8, 4) is 5.88 Å². The van der Waals surface area contributed by atoms with Gasteiger partial charge in [0, 0.05) is 5.56 Å². The number of nitrogens with one attached hydrogen (secondary N) is 1. The molecule has 1 aliphatic carbocycles. The van der Waals surface area contributed by atoms with Crippen LogP contribution in [0.15, 0.2) is 6.33 Å². The van der Waals surface area contributed by atoms with E-state index in [0.29, 0.717) is 6.10 Å². The highest BCUT2D eigenvalue weighted by Gasteiger charge is 2.20. The maximum Gasteiger partial charge on any atom is 0.220 e. The van der Waals surface area contributed by atoms with Gasteiger partial charge in [0.2, 0.25) is 5.88 Å². The molecular formula is C13H19N3O. The summed E-state index contributed by atoms with van der Waals surface area (Å²) in [5.74, 6) is 0.849.